The third-order valence-corrected chi connectivity index (χ3v) is 4.42. The first-order chi connectivity index (χ1) is 7.83. The zero-order valence-corrected chi connectivity index (χ0v) is 9.91. The van der Waals surface area contributed by atoms with E-state index in [1.807, 2.05) is 30.1 Å². The number of hydrogen-bond acceptors (Lipinski definition) is 3. The quantitative estimate of drug-likeness (QED) is 0.823. The zero-order chi connectivity index (χ0) is 11.0. The summed E-state index contributed by atoms with van der Waals surface area (Å²) in [6.45, 7) is 0. The average molecular weight is 233 g/mol. The lowest BCUT2D eigenvalue weighted by Gasteiger charge is -2.18. The predicted octanol–water partition coefficient (Wildman–Crippen LogP) is 2.87. The van der Waals surface area contributed by atoms with Gasteiger partial charge in [0.05, 0.1) is 5.69 Å². The molecule has 3 rings (SSSR count). The first-order valence-corrected chi connectivity index (χ1v) is 6.73. The molecule has 1 saturated heterocycles. The van der Waals surface area contributed by atoms with Gasteiger partial charge in [-0.15, -0.1) is 0 Å². The van der Waals surface area contributed by atoms with E-state index >= 15 is 0 Å². The molecule has 3 nitrogen and oxygen atoms in total. The normalized spacial score (nSPS) is 21.4. The van der Waals surface area contributed by atoms with E-state index in [4.69, 9.17) is 5.73 Å². The highest BCUT2D eigenvalue weighted by atomic mass is 32.2. The Labute approximate surface area is 99.1 Å². The highest BCUT2D eigenvalue weighted by Crippen LogP contribution is 2.37. The molecule has 1 aliphatic rings. The van der Waals surface area contributed by atoms with Crippen LogP contribution in [0.15, 0.2) is 24.5 Å². The molecule has 84 valence electrons. The molecule has 0 spiro atoms. The van der Waals surface area contributed by atoms with Gasteiger partial charge >= 0.3 is 0 Å². The van der Waals surface area contributed by atoms with Gasteiger partial charge in [0.15, 0.2) is 0 Å². The summed E-state index contributed by atoms with van der Waals surface area (Å²) in [5.74, 6) is 1.26. The van der Waals surface area contributed by atoms with E-state index in [1.165, 1.54) is 30.7 Å². The molecule has 1 aliphatic heterocycles. The SMILES string of the molecule is Nc1ccn2cc(C3CCCCS3)nc2c1. The predicted molar refractivity (Wildman–Crippen MR) is 68.7 cm³/mol. The Morgan fingerprint density at radius 3 is 3.19 bits per heavy atom. The summed E-state index contributed by atoms with van der Waals surface area (Å²) >= 11 is 2.03. The first-order valence-electron chi connectivity index (χ1n) is 5.69. The molecule has 1 unspecified atom stereocenters. The smallest absolute Gasteiger partial charge is 0.139 e. The Morgan fingerprint density at radius 2 is 2.38 bits per heavy atom. The molecule has 2 aromatic heterocycles. The number of aromatic nitrogens is 2. The second kappa shape index (κ2) is 4.01. The average Bonchev–Trinajstić information content (AvgIpc) is 2.73. The lowest BCUT2D eigenvalue weighted by Crippen LogP contribution is -2.02. The molecule has 2 N–H and O–H groups in total. The molecule has 1 atom stereocenters. The summed E-state index contributed by atoms with van der Waals surface area (Å²) in [7, 11) is 0. The third kappa shape index (κ3) is 1.78. The number of anilines is 1. The molecule has 0 aliphatic carbocycles. The second-order valence-electron chi connectivity index (χ2n) is 4.25. The number of pyridine rings is 1. The number of hydrogen-bond donors (Lipinski definition) is 1. The summed E-state index contributed by atoms with van der Waals surface area (Å²) in [4.78, 5) is 4.66. The van der Waals surface area contributed by atoms with Crippen molar-refractivity contribution in [2.45, 2.75) is 24.5 Å². The zero-order valence-electron chi connectivity index (χ0n) is 9.10. The summed E-state index contributed by atoms with van der Waals surface area (Å²) in [6, 6.07) is 3.84. The minimum Gasteiger partial charge on any atom is -0.399 e. The molecule has 0 aromatic carbocycles. The number of nitrogens with two attached hydrogens (primary N) is 1. The van der Waals surface area contributed by atoms with Crippen LogP contribution in [0.5, 0.6) is 0 Å². The monoisotopic (exact) mass is 233 g/mol. The van der Waals surface area contributed by atoms with Crippen LogP contribution < -0.4 is 5.73 Å². The Balaban J connectivity index is 1.97. The number of nitrogen functional groups attached to an aromatic ring is 1. The van der Waals surface area contributed by atoms with Gasteiger partial charge in [0, 0.05) is 29.4 Å². The van der Waals surface area contributed by atoms with Crippen LogP contribution in [0, 0.1) is 0 Å². The van der Waals surface area contributed by atoms with Gasteiger partial charge in [0.25, 0.3) is 0 Å². The van der Waals surface area contributed by atoms with E-state index in [2.05, 4.69) is 15.6 Å². The summed E-state index contributed by atoms with van der Waals surface area (Å²) < 4.78 is 2.06. The Morgan fingerprint density at radius 1 is 1.44 bits per heavy atom. The van der Waals surface area contributed by atoms with Gasteiger partial charge in [-0.1, -0.05) is 6.42 Å². The molecule has 2 aromatic rings. The van der Waals surface area contributed by atoms with Crippen molar-refractivity contribution in [2.75, 3.05) is 11.5 Å². The molecule has 0 amide bonds. The Hall–Kier alpha value is -1.16. The van der Waals surface area contributed by atoms with Crippen molar-refractivity contribution in [3.63, 3.8) is 0 Å². The van der Waals surface area contributed by atoms with Gasteiger partial charge < -0.3 is 10.1 Å². The van der Waals surface area contributed by atoms with E-state index < -0.39 is 0 Å². The van der Waals surface area contributed by atoms with Crippen LogP contribution in [0.1, 0.15) is 30.2 Å². The standard InChI is InChI=1S/C12H15N3S/c13-9-4-5-15-8-10(14-12(15)7-9)11-3-1-2-6-16-11/h4-5,7-8,11H,1-3,6,13H2. The third-order valence-electron chi connectivity index (χ3n) is 3.01. The summed E-state index contributed by atoms with van der Waals surface area (Å²) in [6.07, 6.45) is 8.05. The van der Waals surface area contributed by atoms with Crippen LogP contribution >= 0.6 is 11.8 Å². The van der Waals surface area contributed by atoms with Crippen molar-refractivity contribution < 1.29 is 0 Å². The highest BCUT2D eigenvalue weighted by molar-refractivity contribution is 7.99. The molecule has 3 heterocycles. The van der Waals surface area contributed by atoms with Crippen LogP contribution in [0.4, 0.5) is 5.69 Å². The molecule has 0 bridgehead atoms. The van der Waals surface area contributed by atoms with Crippen molar-refractivity contribution in [2.24, 2.45) is 0 Å². The number of rotatable bonds is 1. The maximum absolute atomic E-state index is 5.75. The summed E-state index contributed by atoms with van der Waals surface area (Å²) in [5.41, 5.74) is 8.70. The lowest BCUT2D eigenvalue weighted by molar-refractivity contribution is 0.678. The number of nitrogens with zero attached hydrogens (tertiary/aromatic N) is 2. The van der Waals surface area contributed by atoms with E-state index in [9.17, 15) is 0 Å². The van der Waals surface area contributed by atoms with Crippen LogP contribution in [-0.4, -0.2) is 15.1 Å². The molecule has 4 heteroatoms. The highest BCUT2D eigenvalue weighted by Gasteiger charge is 2.18. The minimum atomic E-state index is 0.579. The van der Waals surface area contributed by atoms with E-state index in [0.29, 0.717) is 5.25 Å². The largest absolute Gasteiger partial charge is 0.399 e. The van der Waals surface area contributed by atoms with Crippen LogP contribution in [0.25, 0.3) is 5.65 Å². The lowest BCUT2D eigenvalue weighted by atomic mass is 10.1. The fourth-order valence-corrected chi connectivity index (χ4v) is 3.42. The molecule has 1 fully saturated rings. The minimum absolute atomic E-state index is 0.579. The van der Waals surface area contributed by atoms with E-state index in [0.717, 1.165) is 11.3 Å². The number of fused-ring (bicyclic) bond motifs is 1. The van der Waals surface area contributed by atoms with Crippen LogP contribution in [0.2, 0.25) is 0 Å². The fourth-order valence-electron chi connectivity index (χ4n) is 2.15. The Kier molecular flexibility index (Phi) is 2.52. The van der Waals surface area contributed by atoms with Crippen molar-refractivity contribution in [3.8, 4) is 0 Å². The molecule has 0 radical (unpaired) electrons. The topological polar surface area (TPSA) is 43.3 Å². The molecular weight excluding hydrogens is 218 g/mol. The van der Waals surface area contributed by atoms with Crippen molar-refractivity contribution in [1.29, 1.82) is 0 Å². The van der Waals surface area contributed by atoms with Gasteiger partial charge in [-0.05, 0) is 24.7 Å². The molecule has 16 heavy (non-hydrogen) atoms. The van der Waals surface area contributed by atoms with Crippen LogP contribution in [0.3, 0.4) is 0 Å². The van der Waals surface area contributed by atoms with Gasteiger partial charge in [0.2, 0.25) is 0 Å². The van der Waals surface area contributed by atoms with Crippen molar-refractivity contribution in [3.05, 3.63) is 30.2 Å². The van der Waals surface area contributed by atoms with Gasteiger partial charge in [-0.25, -0.2) is 4.98 Å². The summed E-state index contributed by atoms with van der Waals surface area (Å²) in [5, 5.41) is 0.579. The second-order valence-corrected chi connectivity index (χ2v) is 5.56. The van der Waals surface area contributed by atoms with Gasteiger partial charge in [-0.3, -0.25) is 0 Å². The Bertz CT molecular complexity index is 500. The number of thioether (sulfide) groups is 1. The number of imidazole rings is 1. The van der Waals surface area contributed by atoms with Gasteiger partial charge in [0.1, 0.15) is 5.65 Å². The maximum atomic E-state index is 5.75. The van der Waals surface area contributed by atoms with Crippen molar-refractivity contribution in [1.82, 2.24) is 9.38 Å². The van der Waals surface area contributed by atoms with Crippen LogP contribution in [-0.2, 0) is 0 Å². The molecular formula is C12H15N3S. The van der Waals surface area contributed by atoms with Gasteiger partial charge in [-0.2, -0.15) is 11.8 Å². The van der Waals surface area contributed by atoms with E-state index in [-0.39, 0.29) is 0 Å². The molecule has 0 saturated carbocycles. The first kappa shape index (κ1) is 10.0. The van der Waals surface area contributed by atoms with Crippen molar-refractivity contribution >= 4 is 23.1 Å². The van der Waals surface area contributed by atoms with E-state index in [1.54, 1.807) is 0 Å². The maximum Gasteiger partial charge on any atom is 0.139 e. The fraction of sp³-hybridized carbons (Fsp3) is 0.417.